The minimum atomic E-state index is -0.0904. The van der Waals surface area contributed by atoms with Gasteiger partial charge in [0, 0.05) is 38.1 Å². The molecule has 1 aliphatic rings. The smallest absolute Gasteiger partial charge is 0.238 e. The number of amides is 1. The van der Waals surface area contributed by atoms with Gasteiger partial charge in [0.15, 0.2) is 0 Å². The summed E-state index contributed by atoms with van der Waals surface area (Å²) >= 11 is 18.2. The lowest BCUT2D eigenvalue weighted by atomic mass is 10.2. The summed E-state index contributed by atoms with van der Waals surface area (Å²) in [6.45, 7) is 3.24. The Morgan fingerprint density at radius 2 is 1.89 bits per heavy atom. The zero-order chi connectivity index (χ0) is 19.4. The molecule has 0 atom stereocenters. The normalized spacial score (nSPS) is 14.9. The maximum atomic E-state index is 12.3. The molecular weight excluding hydrogens is 411 g/mol. The van der Waals surface area contributed by atoms with Crippen LogP contribution in [0.25, 0.3) is 0 Å². The van der Waals surface area contributed by atoms with Crippen LogP contribution in [0.5, 0.6) is 5.75 Å². The van der Waals surface area contributed by atoms with Crippen molar-refractivity contribution < 1.29 is 9.53 Å². The van der Waals surface area contributed by atoms with Crippen molar-refractivity contribution in [2.24, 2.45) is 0 Å². The van der Waals surface area contributed by atoms with Crippen molar-refractivity contribution in [3.63, 3.8) is 0 Å². The Morgan fingerprint density at radius 1 is 1.15 bits per heavy atom. The number of ether oxygens (including phenoxy) is 1. The zero-order valence-electron chi connectivity index (χ0n) is 14.7. The first-order chi connectivity index (χ1) is 13.0. The van der Waals surface area contributed by atoms with Crippen molar-refractivity contribution >= 4 is 52.2 Å². The van der Waals surface area contributed by atoms with Crippen molar-refractivity contribution in [2.75, 3.05) is 50.1 Å². The van der Waals surface area contributed by atoms with E-state index in [4.69, 9.17) is 39.5 Å². The average molecular weight is 430 g/mol. The Balaban J connectivity index is 1.51. The van der Waals surface area contributed by atoms with E-state index in [1.165, 1.54) is 0 Å². The fourth-order valence-corrected chi connectivity index (χ4v) is 3.66. The number of pyridine rings is 1. The van der Waals surface area contributed by atoms with Gasteiger partial charge < -0.3 is 15.0 Å². The van der Waals surface area contributed by atoms with Crippen molar-refractivity contribution in [1.82, 2.24) is 9.88 Å². The Morgan fingerprint density at radius 3 is 2.52 bits per heavy atom. The molecule has 1 saturated heterocycles. The number of methoxy groups -OCH3 is 1. The molecule has 1 fully saturated rings. The molecule has 1 N–H and O–H groups in total. The van der Waals surface area contributed by atoms with Crippen LogP contribution in [0.2, 0.25) is 15.1 Å². The van der Waals surface area contributed by atoms with Gasteiger partial charge >= 0.3 is 0 Å². The highest BCUT2D eigenvalue weighted by molar-refractivity contribution is 6.36. The Hall–Kier alpha value is -1.73. The van der Waals surface area contributed by atoms with E-state index in [0.29, 0.717) is 33.0 Å². The largest absolute Gasteiger partial charge is 0.495 e. The predicted octanol–water partition coefficient (Wildman–Crippen LogP) is 3.81. The van der Waals surface area contributed by atoms with Gasteiger partial charge in [0.1, 0.15) is 11.6 Å². The summed E-state index contributed by atoms with van der Waals surface area (Å²) in [5, 5.41) is 4.36. The Kier molecular flexibility index (Phi) is 6.65. The van der Waals surface area contributed by atoms with Crippen LogP contribution in [0.1, 0.15) is 0 Å². The first-order valence-corrected chi connectivity index (χ1v) is 9.51. The molecule has 6 nitrogen and oxygen atoms in total. The van der Waals surface area contributed by atoms with Crippen LogP contribution in [0, 0.1) is 0 Å². The average Bonchev–Trinajstić information content (AvgIpc) is 2.63. The SMILES string of the molecule is COc1ccc(NC(=O)CN2CCN(c3ncc(Cl)cc3Cl)CC2)cc1Cl. The third kappa shape index (κ3) is 5.17. The van der Waals surface area contributed by atoms with E-state index in [0.717, 1.165) is 32.0 Å². The lowest BCUT2D eigenvalue weighted by Crippen LogP contribution is -2.49. The van der Waals surface area contributed by atoms with Crippen molar-refractivity contribution in [3.8, 4) is 5.75 Å². The van der Waals surface area contributed by atoms with E-state index in [1.807, 2.05) is 0 Å². The lowest BCUT2D eigenvalue weighted by Gasteiger charge is -2.35. The maximum absolute atomic E-state index is 12.3. The van der Waals surface area contributed by atoms with Gasteiger partial charge in [0.05, 0.1) is 28.7 Å². The van der Waals surface area contributed by atoms with Crippen LogP contribution in [0.15, 0.2) is 30.5 Å². The van der Waals surface area contributed by atoms with Crippen molar-refractivity contribution in [2.45, 2.75) is 0 Å². The summed E-state index contributed by atoms with van der Waals surface area (Å²) in [4.78, 5) is 20.8. The van der Waals surface area contributed by atoms with Gasteiger partial charge in [-0.05, 0) is 24.3 Å². The monoisotopic (exact) mass is 428 g/mol. The molecule has 0 radical (unpaired) electrons. The van der Waals surface area contributed by atoms with E-state index in [1.54, 1.807) is 37.6 Å². The van der Waals surface area contributed by atoms with E-state index < -0.39 is 0 Å². The molecule has 1 aromatic carbocycles. The fraction of sp³-hybridized carbons (Fsp3) is 0.333. The second-order valence-corrected chi connectivity index (χ2v) is 7.37. The molecule has 0 spiro atoms. The third-order valence-corrected chi connectivity index (χ3v) is 5.04. The molecule has 0 aliphatic carbocycles. The van der Waals surface area contributed by atoms with Crippen molar-refractivity contribution in [3.05, 3.63) is 45.5 Å². The molecule has 0 unspecified atom stereocenters. The molecule has 9 heteroatoms. The van der Waals surface area contributed by atoms with Gasteiger partial charge in [-0.25, -0.2) is 4.98 Å². The van der Waals surface area contributed by atoms with Crippen LogP contribution >= 0.6 is 34.8 Å². The number of benzene rings is 1. The summed E-state index contributed by atoms with van der Waals surface area (Å²) in [5.41, 5.74) is 0.640. The summed E-state index contributed by atoms with van der Waals surface area (Å²) in [6, 6.07) is 6.84. The molecule has 1 aromatic heterocycles. The molecule has 3 rings (SSSR count). The van der Waals surface area contributed by atoms with Gasteiger partial charge in [-0.3, -0.25) is 9.69 Å². The molecule has 0 saturated carbocycles. The Bertz CT molecular complexity index is 826. The van der Waals surface area contributed by atoms with E-state index in [9.17, 15) is 4.79 Å². The molecule has 1 aliphatic heterocycles. The quantitative estimate of drug-likeness (QED) is 0.783. The van der Waals surface area contributed by atoms with E-state index in [2.05, 4.69) is 20.1 Å². The summed E-state index contributed by atoms with van der Waals surface area (Å²) in [7, 11) is 1.55. The predicted molar refractivity (Wildman–Crippen MR) is 110 cm³/mol. The number of nitrogens with one attached hydrogen (secondary N) is 1. The molecular formula is C18H19Cl3N4O2. The summed E-state index contributed by atoms with van der Waals surface area (Å²) in [6.07, 6.45) is 1.59. The summed E-state index contributed by atoms with van der Waals surface area (Å²) < 4.78 is 5.11. The highest BCUT2D eigenvalue weighted by Crippen LogP contribution is 2.28. The van der Waals surface area contributed by atoms with Gasteiger partial charge in [-0.15, -0.1) is 0 Å². The second-order valence-electron chi connectivity index (χ2n) is 6.12. The van der Waals surface area contributed by atoms with Gasteiger partial charge in [-0.2, -0.15) is 0 Å². The van der Waals surface area contributed by atoms with E-state index >= 15 is 0 Å². The first kappa shape index (κ1) is 20.0. The van der Waals surface area contributed by atoms with Gasteiger partial charge in [-0.1, -0.05) is 34.8 Å². The molecule has 144 valence electrons. The van der Waals surface area contributed by atoms with Gasteiger partial charge in [0.25, 0.3) is 0 Å². The number of nitrogens with zero attached hydrogens (tertiary/aromatic N) is 3. The highest BCUT2D eigenvalue weighted by Gasteiger charge is 2.21. The lowest BCUT2D eigenvalue weighted by molar-refractivity contribution is -0.117. The molecule has 0 bridgehead atoms. The van der Waals surface area contributed by atoms with Crippen LogP contribution in [-0.2, 0) is 4.79 Å². The molecule has 27 heavy (non-hydrogen) atoms. The number of carbonyl (C=O) groups is 1. The van der Waals surface area contributed by atoms with E-state index in [-0.39, 0.29) is 5.91 Å². The molecule has 1 amide bonds. The maximum Gasteiger partial charge on any atom is 0.238 e. The van der Waals surface area contributed by atoms with Gasteiger partial charge in [0.2, 0.25) is 5.91 Å². The summed E-state index contributed by atoms with van der Waals surface area (Å²) in [5.74, 6) is 1.20. The first-order valence-electron chi connectivity index (χ1n) is 8.38. The number of anilines is 2. The zero-order valence-corrected chi connectivity index (χ0v) is 17.0. The number of aromatic nitrogens is 1. The van der Waals surface area contributed by atoms with Crippen LogP contribution in [0.4, 0.5) is 11.5 Å². The Labute approximate surface area is 173 Å². The minimum absolute atomic E-state index is 0.0904. The topological polar surface area (TPSA) is 57.7 Å². The van der Waals surface area contributed by atoms with Crippen LogP contribution < -0.4 is 15.0 Å². The standard InChI is InChI=1S/C18H19Cl3N4O2/c1-27-16-3-2-13(9-14(16)20)23-17(26)11-24-4-6-25(7-5-24)18-15(21)8-12(19)10-22-18/h2-3,8-10H,4-7,11H2,1H3,(H,23,26). The number of hydrogen-bond donors (Lipinski definition) is 1. The number of halogens is 3. The number of rotatable bonds is 5. The number of carbonyl (C=O) groups excluding carboxylic acids is 1. The fourth-order valence-electron chi connectivity index (χ4n) is 2.91. The number of hydrogen-bond acceptors (Lipinski definition) is 5. The number of piperazine rings is 1. The van der Waals surface area contributed by atoms with Crippen LogP contribution in [0.3, 0.4) is 0 Å². The minimum Gasteiger partial charge on any atom is -0.495 e. The molecule has 2 heterocycles. The highest BCUT2D eigenvalue weighted by atomic mass is 35.5. The van der Waals surface area contributed by atoms with Crippen molar-refractivity contribution in [1.29, 1.82) is 0 Å². The third-order valence-electron chi connectivity index (χ3n) is 4.26. The van der Waals surface area contributed by atoms with Crippen LogP contribution in [-0.4, -0.2) is 55.6 Å². The molecule has 2 aromatic rings. The second kappa shape index (κ2) is 8.97.